The molecule has 0 bridgehead atoms. The van der Waals surface area contributed by atoms with Gasteiger partial charge in [-0.2, -0.15) is 0 Å². The maximum atomic E-state index is 12.6. The zero-order chi connectivity index (χ0) is 19.9. The second-order valence-corrected chi connectivity index (χ2v) is 10.2. The molecule has 3 heterocycles. The second kappa shape index (κ2) is 7.28. The van der Waals surface area contributed by atoms with Gasteiger partial charge in [-0.05, 0) is 31.5 Å². The summed E-state index contributed by atoms with van der Waals surface area (Å²) in [5, 5.41) is 7.80. The van der Waals surface area contributed by atoms with Gasteiger partial charge in [-0.3, -0.25) is 4.79 Å². The highest BCUT2D eigenvalue weighted by Crippen LogP contribution is 2.36. The molecular weight excluding hydrogens is 406 g/mol. The molecule has 2 aliphatic rings. The van der Waals surface area contributed by atoms with Gasteiger partial charge in [0.05, 0.1) is 16.8 Å². The zero-order valence-electron chi connectivity index (χ0n) is 15.3. The molecule has 0 aliphatic carbocycles. The number of carbonyl (C=O) groups excluding carboxylic acids is 1. The van der Waals surface area contributed by atoms with Crippen molar-refractivity contribution in [3.8, 4) is 23.0 Å². The number of amides is 1. The number of hydrogen-bond acceptors (Lipinski definition) is 9. The van der Waals surface area contributed by atoms with Crippen LogP contribution in [0.25, 0.3) is 11.5 Å². The fraction of sp³-hybridized carbons (Fsp3) is 0.471. The van der Waals surface area contributed by atoms with Gasteiger partial charge in [-0.25, -0.2) is 8.42 Å². The van der Waals surface area contributed by atoms with Crippen molar-refractivity contribution in [1.82, 2.24) is 15.1 Å². The molecule has 4 rings (SSSR count). The highest BCUT2D eigenvalue weighted by atomic mass is 32.2. The molecule has 0 radical (unpaired) electrons. The van der Waals surface area contributed by atoms with Gasteiger partial charge < -0.3 is 18.8 Å². The number of benzene rings is 1. The molecular formula is C17H19N3O6S2. The highest BCUT2D eigenvalue weighted by Gasteiger charge is 2.34. The van der Waals surface area contributed by atoms with E-state index in [0.29, 0.717) is 29.4 Å². The van der Waals surface area contributed by atoms with E-state index in [1.807, 2.05) is 0 Å². The first kappa shape index (κ1) is 19.1. The Balaban J connectivity index is 1.41. The van der Waals surface area contributed by atoms with Crippen LogP contribution in [-0.4, -0.2) is 66.1 Å². The van der Waals surface area contributed by atoms with Gasteiger partial charge in [0.25, 0.3) is 5.22 Å². The van der Waals surface area contributed by atoms with E-state index in [1.165, 1.54) is 4.90 Å². The minimum Gasteiger partial charge on any atom is -0.454 e. The van der Waals surface area contributed by atoms with Crippen molar-refractivity contribution in [1.29, 1.82) is 0 Å². The van der Waals surface area contributed by atoms with Crippen molar-refractivity contribution >= 4 is 27.5 Å². The Morgan fingerprint density at radius 1 is 1.29 bits per heavy atom. The summed E-state index contributed by atoms with van der Waals surface area (Å²) in [5.41, 5.74) is 0.691. The van der Waals surface area contributed by atoms with Gasteiger partial charge >= 0.3 is 0 Å². The van der Waals surface area contributed by atoms with E-state index in [-0.39, 0.29) is 35.5 Å². The number of carbonyl (C=O) groups is 1. The number of nitrogens with zero attached hydrogens (tertiary/aromatic N) is 3. The van der Waals surface area contributed by atoms with Crippen molar-refractivity contribution in [2.24, 2.45) is 0 Å². The van der Waals surface area contributed by atoms with E-state index in [2.05, 4.69) is 10.2 Å². The lowest BCUT2D eigenvalue weighted by Gasteiger charge is -2.25. The van der Waals surface area contributed by atoms with E-state index >= 15 is 0 Å². The number of ether oxygens (including phenoxy) is 2. The van der Waals surface area contributed by atoms with Crippen LogP contribution in [0, 0.1) is 0 Å². The molecule has 2 aromatic rings. The first-order chi connectivity index (χ1) is 13.3. The molecule has 1 amide bonds. The van der Waals surface area contributed by atoms with Crippen LogP contribution in [0.2, 0.25) is 0 Å². The summed E-state index contributed by atoms with van der Waals surface area (Å²) in [6, 6.07) is 5.03. The van der Waals surface area contributed by atoms with Crippen LogP contribution in [0.3, 0.4) is 0 Å². The van der Waals surface area contributed by atoms with E-state index in [0.717, 1.165) is 11.8 Å². The van der Waals surface area contributed by atoms with E-state index < -0.39 is 15.1 Å². The topological polar surface area (TPSA) is 112 Å². The molecule has 0 spiro atoms. The van der Waals surface area contributed by atoms with Crippen molar-refractivity contribution in [3.63, 3.8) is 0 Å². The summed E-state index contributed by atoms with van der Waals surface area (Å²) < 4.78 is 39.6. The molecule has 0 unspecified atom stereocenters. The summed E-state index contributed by atoms with van der Waals surface area (Å²) in [6.45, 7) is 1.91. The third-order valence-electron chi connectivity index (χ3n) is 4.76. The summed E-state index contributed by atoms with van der Waals surface area (Å²) in [7, 11) is -1.42. The Morgan fingerprint density at radius 3 is 2.82 bits per heavy atom. The first-order valence-corrected chi connectivity index (χ1v) is 11.4. The zero-order valence-corrected chi connectivity index (χ0v) is 17.0. The lowest BCUT2D eigenvalue weighted by atomic mass is 10.2. The number of fused-ring (bicyclic) bond motifs is 1. The van der Waals surface area contributed by atoms with E-state index in [1.54, 1.807) is 32.2 Å². The average Bonchev–Trinajstić information content (AvgIpc) is 3.39. The van der Waals surface area contributed by atoms with Crippen LogP contribution in [0.1, 0.15) is 13.3 Å². The molecule has 1 fully saturated rings. The highest BCUT2D eigenvalue weighted by molar-refractivity contribution is 8.00. The van der Waals surface area contributed by atoms with E-state index in [9.17, 15) is 13.2 Å². The minimum absolute atomic E-state index is 0.0153. The predicted octanol–water partition coefficient (Wildman–Crippen LogP) is 1.59. The molecule has 1 saturated heterocycles. The Bertz CT molecular complexity index is 1010. The van der Waals surface area contributed by atoms with Crippen LogP contribution < -0.4 is 9.47 Å². The molecule has 2 atom stereocenters. The fourth-order valence-electron chi connectivity index (χ4n) is 3.15. The second-order valence-electron chi connectivity index (χ2n) is 6.71. The summed E-state index contributed by atoms with van der Waals surface area (Å²) in [5.74, 6) is 1.56. The smallest absolute Gasteiger partial charge is 0.277 e. The van der Waals surface area contributed by atoms with Crippen LogP contribution in [-0.2, 0) is 14.6 Å². The van der Waals surface area contributed by atoms with Crippen LogP contribution >= 0.6 is 11.8 Å². The Kier molecular flexibility index (Phi) is 4.96. The van der Waals surface area contributed by atoms with Crippen LogP contribution in [0.4, 0.5) is 0 Å². The maximum Gasteiger partial charge on any atom is 0.277 e. The van der Waals surface area contributed by atoms with Gasteiger partial charge in [-0.15, -0.1) is 10.2 Å². The average molecular weight is 425 g/mol. The summed E-state index contributed by atoms with van der Waals surface area (Å²) in [6.07, 6.45) is 0.469. The predicted molar refractivity (Wildman–Crippen MR) is 101 cm³/mol. The van der Waals surface area contributed by atoms with Gasteiger partial charge in [0.2, 0.25) is 18.6 Å². The Labute approximate surface area is 166 Å². The molecule has 1 aromatic carbocycles. The van der Waals surface area contributed by atoms with Gasteiger partial charge in [-0.1, -0.05) is 11.8 Å². The fourth-order valence-corrected chi connectivity index (χ4v) is 5.71. The van der Waals surface area contributed by atoms with Crippen molar-refractivity contribution < 1.29 is 27.1 Å². The number of sulfone groups is 1. The number of thioether (sulfide) groups is 1. The number of hydrogen-bond donors (Lipinski definition) is 0. The molecule has 9 nitrogen and oxygen atoms in total. The maximum absolute atomic E-state index is 12.6. The lowest BCUT2D eigenvalue weighted by molar-refractivity contribution is -0.130. The molecule has 28 heavy (non-hydrogen) atoms. The summed E-state index contributed by atoms with van der Waals surface area (Å²) >= 11 is 1.14. The Morgan fingerprint density at radius 2 is 2.07 bits per heavy atom. The normalized spacial score (nSPS) is 20.9. The standard InChI is InChI=1S/C17H19N3O6S2/c1-10(16(21)20(2)12-5-6-28(22,23)8-12)27-17-19-18-15(26-17)11-3-4-13-14(7-11)25-9-24-13/h3-4,7,10,12H,5-6,8-9H2,1-2H3/t10-,12-/m1/s1. The molecule has 2 aliphatic heterocycles. The van der Waals surface area contributed by atoms with Crippen molar-refractivity contribution in [2.75, 3.05) is 25.3 Å². The first-order valence-electron chi connectivity index (χ1n) is 8.70. The molecule has 0 N–H and O–H groups in total. The van der Waals surface area contributed by atoms with Gasteiger partial charge in [0.1, 0.15) is 0 Å². The quantitative estimate of drug-likeness (QED) is 0.659. The number of aromatic nitrogens is 2. The SMILES string of the molecule is C[C@@H](Sc1nnc(-c2ccc3c(c2)OCO3)o1)C(=O)N(C)[C@@H]1CCS(=O)(=O)C1. The molecule has 150 valence electrons. The van der Waals surface area contributed by atoms with Crippen LogP contribution in [0.5, 0.6) is 11.5 Å². The molecule has 1 aromatic heterocycles. The molecule has 11 heteroatoms. The Hall–Kier alpha value is -2.27. The minimum atomic E-state index is -3.05. The van der Waals surface area contributed by atoms with Crippen LogP contribution in [0.15, 0.2) is 27.8 Å². The van der Waals surface area contributed by atoms with Gasteiger partial charge in [0.15, 0.2) is 21.3 Å². The van der Waals surface area contributed by atoms with E-state index in [4.69, 9.17) is 13.9 Å². The van der Waals surface area contributed by atoms with Gasteiger partial charge in [0, 0.05) is 18.7 Å². The summed E-state index contributed by atoms with van der Waals surface area (Å²) in [4.78, 5) is 14.2. The number of rotatable bonds is 5. The monoisotopic (exact) mass is 425 g/mol. The molecule has 0 saturated carbocycles. The van der Waals surface area contributed by atoms with Crippen molar-refractivity contribution in [2.45, 2.75) is 29.9 Å². The van der Waals surface area contributed by atoms with Crippen molar-refractivity contribution in [3.05, 3.63) is 18.2 Å². The third-order valence-corrected chi connectivity index (χ3v) is 7.43. The third kappa shape index (κ3) is 3.81. The lowest BCUT2D eigenvalue weighted by Crippen LogP contribution is -2.41. The largest absolute Gasteiger partial charge is 0.454 e.